The summed E-state index contributed by atoms with van der Waals surface area (Å²) < 4.78 is 27.2. The SMILES string of the molecule is CCCCC(CC)OS(=O)(=O)CC. The molecule has 0 saturated carbocycles. The summed E-state index contributed by atoms with van der Waals surface area (Å²) in [7, 11) is -3.26. The van der Waals surface area contributed by atoms with Gasteiger partial charge in [0.2, 0.25) is 0 Å². The van der Waals surface area contributed by atoms with E-state index in [4.69, 9.17) is 4.18 Å². The fourth-order valence-electron chi connectivity index (χ4n) is 1.03. The minimum atomic E-state index is -3.26. The van der Waals surface area contributed by atoms with E-state index in [9.17, 15) is 8.42 Å². The van der Waals surface area contributed by atoms with Gasteiger partial charge in [0, 0.05) is 0 Å². The molecular formula is C9H20O3S. The first-order valence-corrected chi connectivity index (χ1v) is 6.54. The van der Waals surface area contributed by atoms with Crippen LogP contribution in [0.25, 0.3) is 0 Å². The molecule has 0 spiro atoms. The molecule has 80 valence electrons. The van der Waals surface area contributed by atoms with E-state index in [1.165, 1.54) is 0 Å². The van der Waals surface area contributed by atoms with Crippen molar-refractivity contribution in [3.05, 3.63) is 0 Å². The third-order valence-corrected chi connectivity index (χ3v) is 3.24. The number of hydrogen-bond donors (Lipinski definition) is 0. The third kappa shape index (κ3) is 6.05. The van der Waals surface area contributed by atoms with E-state index in [-0.39, 0.29) is 11.9 Å². The molecule has 1 atom stereocenters. The maximum atomic E-state index is 11.1. The first kappa shape index (κ1) is 12.9. The van der Waals surface area contributed by atoms with Gasteiger partial charge >= 0.3 is 0 Å². The fraction of sp³-hybridized carbons (Fsp3) is 1.00. The maximum Gasteiger partial charge on any atom is 0.267 e. The quantitative estimate of drug-likeness (QED) is 0.603. The van der Waals surface area contributed by atoms with Gasteiger partial charge in [-0.1, -0.05) is 26.7 Å². The van der Waals surface area contributed by atoms with Crippen LogP contribution in [0.1, 0.15) is 46.5 Å². The second-order valence-electron chi connectivity index (χ2n) is 3.12. The molecule has 0 aromatic carbocycles. The first-order valence-electron chi connectivity index (χ1n) is 4.96. The van der Waals surface area contributed by atoms with Crippen molar-refractivity contribution in [1.29, 1.82) is 0 Å². The number of rotatable bonds is 7. The van der Waals surface area contributed by atoms with Crippen LogP contribution < -0.4 is 0 Å². The molecular weight excluding hydrogens is 188 g/mol. The van der Waals surface area contributed by atoms with Gasteiger partial charge in [-0.25, -0.2) is 0 Å². The lowest BCUT2D eigenvalue weighted by molar-refractivity contribution is 0.191. The van der Waals surface area contributed by atoms with Gasteiger partial charge in [-0.3, -0.25) is 4.18 Å². The van der Waals surface area contributed by atoms with Crippen LogP contribution in [-0.2, 0) is 14.3 Å². The molecule has 0 saturated heterocycles. The van der Waals surface area contributed by atoms with Gasteiger partial charge in [0.25, 0.3) is 10.1 Å². The van der Waals surface area contributed by atoms with Gasteiger partial charge in [-0.15, -0.1) is 0 Å². The summed E-state index contributed by atoms with van der Waals surface area (Å²) in [5, 5.41) is 0. The number of unbranched alkanes of at least 4 members (excludes halogenated alkanes) is 1. The van der Waals surface area contributed by atoms with E-state index in [0.717, 1.165) is 25.7 Å². The highest BCUT2D eigenvalue weighted by Crippen LogP contribution is 2.11. The monoisotopic (exact) mass is 208 g/mol. The van der Waals surface area contributed by atoms with E-state index in [1.807, 2.05) is 6.92 Å². The minimum absolute atomic E-state index is 0.0651. The van der Waals surface area contributed by atoms with Gasteiger partial charge in [-0.2, -0.15) is 8.42 Å². The van der Waals surface area contributed by atoms with Crippen molar-refractivity contribution in [2.75, 3.05) is 5.75 Å². The van der Waals surface area contributed by atoms with Crippen molar-refractivity contribution in [2.24, 2.45) is 0 Å². The summed E-state index contributed by atoms with van der Waals surface area (Å²) >= 11 is 0. The molecule has 0 N–H and O–H groups in total. The van der Waals surface area contributed by atoms with Gasteiger partial charge < -0.3 is 0 Å². The van der Waals surface area contributed by atoms with Crippen molar-refractivity contribution in [3.8, 4) is 0 Å². The fourth-order valence-corrected chi connectivity index (χ4v) is 1.81. The van der Waals surface area contributed by atoms with Crippen LogP contribution >= 0.6 is 0 Å². The molecule has 0 radical (unpaired) electrons. The molecule has 13 heavy (non-hydrogen) atoms. The molecule has 0 aliphatic heterocycles. The normalized spacial score (nSPS) is 14.4. The van der Waals surface area contributed by atoms with E-state index in [2.05, 4.69) is 6.92 Å². The number of hydrogen-bond acceptors (Lipinski definition) is 3. The van der Waals surface area contributed by atoms with Gasteiger partial charge in [0.05, 0.1) is 11.9 Å². The highest BCUT2D eigenvalue weighted by atomic mass is 32.2. The van der Waals surface area contributed by atoms with Crippen molar-refractivity contribution in [2.45, 2.75) is 52.6 Å². The van der Waals surface area contributed by atoms with E-state index in [1.54, 1.807) is 6.92 Å². The Bertz CT molecular complexity index is 209. The Balaban J connectivity index is 3.97. The average Bonchev–Trinajstić information content (AvgIpc) is 2.12. The smallest absolute Gasteiger partial charge is 0.267 e. The van der Waals surface area contributed by atoms with Crippen molar-refractivity contribution < 1.29 is 12.6 Å². The predicted molar refractivity (Wildman–Crippen MR) is 54.1 cm³/mol. The second-order valence-corrected chi connectivity index (χ2v) is 5.00. The highest BCUT2D eigenvalue weighted by Gasteiger charge is 2.15. The molecule has 0 fully saturated rings. The van der Waals surface area contributed by atoms with E-state index >= 15 is 0 Å². The van der Waals surface area contributed by atoms with Crippen molar-refractivity contribution in [3.63, 3.8) is 0 Å². The van der Waals surface area contributed by atoms with Crippen molar-refractivity contribution in [1.82, 2.24) is 0 Å². The molecule has 0 aromatic heterocycles. The first-order chi connectivity index (χ1) is 6.05. The zero-order valence-electron chi connectivity index (χ0n) is 8.75. The average molecular weight is 208 g/mol. The Kier molecular flexibility index (Phi) is 6.33. The van der Waals surface area contributed by atoms with Crippen LogP contribution in [0.4, 0.5) is 0 Å². The lowest BCUT2D eigenvalue weighted by Gasteiger charge is -2.14. The van der Waals surface area contributed by atoms with Gasteiger partial charge in [0.15, 0.2) is 0 Å². The Morgan fingerprint density at radius 2 is 1.85 bits per heavy atom. The lowest BCUT2D eigenvalue weighted by Crippen LogP contribution is -2.19. The molecule has 0 aliphatic rings. The summed E-state index contributed by atoms with van der Waals surface area (Å²) in [4.78, 5) is 0. The van der Waals surface area contributed by atoms with Crippen LogP contribution in [0.5, 0.6) is 0 Å². The zero-order chi connectivity index (χ0) is 10.3. The molecule has 0 aliphatic carbocycles. The molecule has 4 heteroatoms. The summed E-state index contributed by atoms with van der Waals surface area (Å²) in [6, 6.07) is 0. The Hall–Kier alpha value is -0.0900. The second kappa shape index (κ2) is 6.38. The van der Waals surface area contributed by atoms with Gasteiger partial charge in [-0.05, 0) is 19.8 Å². The zero-order valence-corrected chi connectivity index (χ0v) is 9.56. The van der Waals surface area contributed by atoms with Crippen LogP contribution in [0.2, 0.25) is 0 Å². The largest absolute Gasteiger partial charge is 0.267 e. The standard InChI is InChI=1S/C9H20O3S/c1-4-7-8-9(5-2)12-13(10,11)6-3/h9H,4-8H2,1-3H3. The molecule has 3 nitrogen and oxygen atoms in total. The topological polar surface area (TPSA) is 43.4 Å². The van der Waals surface area contributed by atoms with Crippen molar-refractivity contribution >= 4 is 10.1 Å². The summed E-state index contributed by atoms with van der Waals surface area (Å²) in [5.41, 5.74) is 0. The molecule has 0 amide bonds. The molecule has 0 aromatic rings. The van der Waals surface area contributed by atoms with E-state index in [0.29, 0.717) is 0 Å². The Morgan fingerprint density at radius 1 is 1.23 bits per heavy atom. The molecule has 0 rings (SSSR count). The molecule has 0 bridgehead atoms. The summed E-state index contributed by atoms with van der Waals surface area (Å²) in [6.07, 6.45) is 3.58. The highest BCUT2D eigenvalue weighted by molar-refractivity contribution is 7.86. The Labute approximate surface area is 81.6 Å². The van der Waals surface area contributed by atoms with Gasteiger partial charge in [0.1, 0.15) is 0 Å². The van der Waals surface area contributed by atoms with Crippen LogP contribution in [-0.4, -0.2) is 20.3 Å². The predicted octanol–water partition coefficient (Wildman–Crippen LogP) is 2.32. The summed E-state index contributed by atoms with van der Waals surface area (Å²) in [6.45, 7) is 5.63. The molecule has 1 unspecified atom stereocenters. The Morgan fingerprint density at radius 3 is 2.23 bits per heavy atom. The summed E-state index contributed by atoms with van der Waals surface area (Å²) in [5.74, 6) is 0.0651. The lowest BCUT2D eigenvalue weighted by atomic mass is 10.1. The van der Waals surface area contributed by atoms with Crippen LogP contribution in [0.15, 0.2) is 0 Å². The third-order valence-electron chi connectivity index (χ3n) is 1.97. The maximum absolute atomic E-state index is 11.1. The molecule has 0 heterocycles. The van der Waals surface area contributed by atoms with Crippen LogP contribution in [0.3, 0.4) is 0 Å². The minimum Gasteiger partial charge on any atom is -0.267 e. The van der Waals surface area contributed by atoms with Crippen LogP contribution in [0, 0.1) is 0 Å². The van der Waals surface area contributed by atoms with E-state index < -0.39 is 10.1 Å².